The standard InChI is InChI=1S/C21H26N2O3/c1-21(15-22)11-12-23(16-21)20(24)14-26-19-10-6-5-9-18(19)25-13-17-7-3-2-4-8-17/h2-10H,11-16,22H2,1H3. The number of nitrogens with two attached hydrogens (primary N) is 1. The molecule has 0 saturated carbocycles. The molecular weight excluding hydrogens is 328 g/mol. The maximum absolute atomic E-state index is 12.4. The summed E-state index contributed by atoms with van der Waals surface area (Å²) < 4.78 is 11.6. The minimum atomic E-state index is -0.0139. The Kier molecular flexibility index (Phi) is 5.78. The Hall–Kier alpha value is -2.53. The molecule has 0 aromatic heterocycles. The number of carbonyl (C=O) groups is 1. The Bertz CT molecular complexity index is 735. The van der Waals surface area contributed by atoms with E-state index < -0.39 is 0 Å². The zero-order valence-electron chi connectivity index (χ0n) is 15.2. The molecule has 2 aromatic rings. The summed E-state index contributed by atoms with van der Waals surface area (Å²) in [6, 6.07) is 17.4. The molecule has 138 valence electrons. The molecule has 1 aliphatic heterocycles. The van der Waals surface area contributed by atoms with E-state index in [4.69, 9.17) is 15.2 Å². The molecule has 1 heterocycles. The van der Waals surface area contributed by atoms with Gasteiger partial charge in [-0.3, -0.25) is 4.79 Å². The second-order valence-corrected chi connectivity index (χ2v) is 7.09. The lowest BCUT2D eigenvalue weighted by atomic mass is 9.90. The highest BCUT2D eigenvalue weighted by molar-refractivity contribution is 5.78. The van der Waals surface area contributed by atoms with E-state index in [-0.39, 0.29) is 17.9 Å². The summed E-state index contributed by atoms with van der Waals surface area (Å²) in [5, 5.41) is 0. The SMILES string of the molecule is CC1(CN)CCN(C(=O)COc2ccccc2OCc2ccccc2)C1. The van der Waals surface area contributed by atoms with Gasteiger partial charge in [-0.25, -0.2) is 0 Å². The second kappa shape index (κ2) is 8.23. The zero-order chi connectivity index (χ0) is 18.4. The quantitative estimate of drug-likeness (QED) is 0.830. The summed E-state index contributed by atoms with van der Waals surface area (Å²) in [5.41, 5.74) is 6.91. The maximum atomic E-state index is 12.4. The number of amides is 1. The van der Waals surface area contributed by atoms with Gasteiger partial charge in [-0.1, -0.05) is 49.4 Å². The largest absolute Gasteiger partial charge is 0.485 e. The average molecular weight is 354 g/mol. The van der Waals surface area contributed by atoms with Crippen molar-refractivity contribution in [3.63, 3.8) is 0 Å². The highest BCUT2D eigenvalue weighted by Gasteiger charge is 2.34. The lowest BCUT2D eigenvalue weighted by Gasteiger charge is -2.22. The molecule has 0 spiro atoms. The van der Waals surface area contributed by atoms with Crippen LogP contribution in [0.5, 0.6) is 11.5 Å². The highest BCUT2D eigenvalue weighted by atomic mass is 16.5. The van der Waals surface area contributed by atoms with Crippen LogP contribution in [-0.4, -0.2) is 37.0 Å². The molecule has 5 heteroatoms. The molecule has 2 aromatic carbocycles. The summed E-state index contributed by atoms with van der Waals surface area (Å²) >= 11 is 0. The van der Waals surface area contributed by atoms with Crippen LogP contribution in [0.4, 0.5) is 0 Å². The van der Waals surface area contributed by atoms with Crippen molar-refractivity contribution in [2.75, 3.05) is 26.2 Å². The van der Waals surface area contributed by atoms with Gasteiger partial charge in [0.25, 0.3) is 5.91 Å². The van der Waals surface area contributed by atoms with Crippen LogP contribution in [0.25, 0.3) is 0 Å². The minimum absolute atomic E-state index is 0.00631. The van der Waals surface area contributed by atoms with Gasteiger partial charge in [0.05, 0.1) is 0 Å². The first-order valence-electron chi connectivity index (χ1n) is 8.96. The molecular formula is C21H26N2O3. The van der Waals surface area contributed by atoms with E-state index in [1.54, 1.807) is 0 Å². The zero-order valence-corrected chi connectivity index (χ0v) is 15.2. The number of likely N-dealkylation sites (tertiary alicyclic amines) is 1. The van der Waals surface area contributed by atoms with Gasteiger partial charge < -0.3 is 20.1 Å². The number of hydrogen-bond donors (Lipinski definition) is 1. The molecule has 1 aliphatic rings. The van der Waals surface area contributed by atoms with Gasteiger partial charge in [-0.05, 0) is 36.1 Å². The van der Waals surface area contributed by atoms with Crippen molar-refractivity contribution < 1.29 is 14.3 Å². The summed E-state index contributed by atoms with van der Waals surface area (Å²) in [5.74, 6) is 1.20. The average Bonchev–Trinajstić information content (AvgIpc) is 3.09. The number of para-hydroxylation sites is 2. The van der Waals surface area contributed by atoms with Gasteiger partial charge in [-0.2, -0.15) is 0 Å². The molecule has 0 bridgehead atoms. The molecule has 5 nitrogen and oxygen atoms in total. The molecule has 1 amide bonds. The lowest BCUT2D eigenvalue weighted by Crippen LogP contribution is -2.36. The predicted molar refractivity (Wildman–Crippen MR) is 101 cm³/mol. The van der Waals surface area contributed by atoms with Crippen molar-refractivity contribution >= 4 is 5.91 Å². The molecule has 1 unspecified atom stereocenters. The van der Waals surface area contributed by atoms with Crippen molar-refractivity contribution in [2.45, 2.75) is 20.0 Å². The number of ether oxygens (including phenoxy) is 2. The van der Waals surface area contributed by atoms with E-state index in [9.17, 15) is 4.79 Å². The molecule has 1 fully saturated rings. The van der Waals surface area contributed by atoms with E-state index in [2.05, 4.69) is 6.92 Å². The maximum Gasteiger partial charge on any atom is 0.260 e. The molecule has 0 radical (unpaired) electrons. The van der Waals surface area contributed by atoms with Crippen molar-refractivity contribution in [3.8, 4) is 11.5 Å². The van der Waals surface area contributed by atoms with Crippen LogP contribution in [-0.2, 0) is 11.4 Å². The number of hydrogen-bond acceptors (Lipinski definition) is 4. The van der Waals surface area contributed by atoms with Gasteiger partial charge >= 0.3 is 0 Å². The Balaban J connectivity index is 1.56. The third-order valence-corrected chi connectivity index (χ3v) is 4.84. The Morgan fingerprint density at radius 1 is 1.08 bits per heavy atom. The first-order chi connectivity index (χ1) is 12.6. The van der Waals surface area contributed by atoms with Gasteiger partial charge in [0, 0.05) is 13.1 Å². The van der Waals surface area contributed by atoms with Gasteiger partial charge in [0.2, 0.25) is 0 Å². The fourth-order valence-electron chi connectivity index (χ4n) is 3.06. The topological polar surface area (TPSA) is 64.8 Å². The van der Waals surface area contributed by atoms with Crippen LogP contribution in [0.1, 0.15) is 18.9 Å². The van der Waals surface area contributed by atoms with E-state index in [1.165, 1.54) is 0 Å². The van der Waals surface area contributed by atoms with E-state index in [0.717, 1.165) is 18.5 Å². The number of rotatable bonds is 7. The third-order valence-electron chi connectivity index (χ3n) is 4.84. The summed E-state index contributed by atoms with van der Waals surface area (Å²) in [7, 11) is 0. The summed E-state index contributed by atoms with van der Waals surface area (Å²) in [6.45, 7) is 4.60. The monoisotopic (exact) mass is 354 g/mol. The molecule has 1 saturated heterocycles. The summed E-state index contributed by atoms with van der Waals surface area (Å²) in [4.78, 5) is 14.3. The Morgan fingerprint density at radius 2 is 1.73 bits per heavy atom. The predicted octanol–water partition coefficient (Wildman–Crippen LogP) is 2.84. The van der Waals surface area contributed by atoms with Crippen LogP contribution < -0.4 is 15.2 Å². The molecule has 2 N–H and O–H groups in total. The summed E-state index contributed by atoms with van der Waals surface area (Å²) in [6.07, 6.45) is 0.937. The Morgan fingerprint density at radius 3 is 2.38 bits per heavy atom. The number of carbonyl (C=O) groups excluding carboxylic acids is 1. The Labute approximate surface area is 154 Å². The number of benzene rings is 2. The van der Waals surface area contributed by atoms with E-state index in [1.807, 2.05) is 59.5 Å². The fraction of sp³-hybridized carbons (Fsp3) is 0.381. The van der Waals surface area contributed by atoms with Crippen LogP contribution >= 0.6 is 0 Å². The molecule has 26 heavy (non-hydrogen) atoms. The van der Waals surface area contributed by atoms with Crippen LogP contribution in [0.2, 0.25) is 0 Å². The van der Waals surface area contributed by atoms with Crippen molar-refractivity contribution in [1.82, 2.24) is 4.90 Å². The number of nitrogens with zero attached hydrogens (tertiary/aromatic N) is 1. The van der Waals surface area contributed by atoms with E-state index >= 15 is 0 Å². The third kappa shape index (κ3) is 4.55. The lowest BCUT2D eigenvalue weighted by molar-refractivity contribution is -0.132. The second-order valence-electron chi connectivity index (χ2n) is 7.09. The van der Waals surface area contributed by atoms with Crippen LogP contribution in [0.15, 0.2) is 54.6 Å². The van der Waals surface area contributed by atoms with Gasteiger partial charge in [0.1, 0.15) is 6.61 Å². The molecule has 0 aliphatic carbocycles. The smallest absolute Gasteiger partial charge is 0.260 e. The first kappa shape index (κ1) is 18.3. The molecule has 1 atom stereocenters. The van der Waals surface area contributed by atoms with E-state index in [0.29, 0.717) is 31.2 Å². The highest BCUT2D eigenvalue weighted by Crippen LogP contribution is 2.30. The van der Waals surface area contributed by atoms with Crippen molar-refractivity contribution in [2.24, 2.45) is 11.1 Å². The fourth-order valence-corrected chi connectivity index (χ4v) is 3.06. The first-order valence-corrected chi connectivity index (χ1v) is 8.96. The minimum Gasteiger partial charge on any atom is -0.485 e. The normalized spacial score (nSPS) is 19.4. The van der Waals surface area contributed by atoms with Crippen LogP contribution in [0.3, 0.4) is 0 Å². The van der Waals surface area contributed by atoms with Crippen molar-refractivity contribution in [1.29, 1.82) is 0 Å². The van der Waals surface area contributed by atoms with Gasteiger partial charge in [0.15, 0.2) is 18.1 Å². The van der Waals surface area contributed by atoms with Crippen molar-refractivity contribution in [3.05, 3.63) is 60.2 Å². The van der Waals surface area contributed by atoms with Crippen LogP contribution in [0, 0.1) is 5.41 Å². The molecule has 3 rings (SSSR count). The van der Waals surface area contributed by atoms with Gasteiger partial charge in [-0.15, -0.1) is 0 Å².